The van der Waals surface area contributed by atoms with Gasteiger partial charge in [-0.1, -0.05) is 0 Å². The molecule has 14 nitrogen and oxygen atoms in total. The van der Waals surface area contributed by atoms with Crippen LogP contribution in [0, 0.1) is 0 Å². The van der Waals surface area contributed by atoms with Crippen LogP contribution in [0.4, 0.5) is 10.5 Å². The third-order valence-corrected chi connectivity index (χ3v) is 7.12. The number of nitrogens with one attached hydrogen (secondary N) is 1. The van der Waals surface area contributed by atoms with E-state index in [1.165, 1.54) is 24.3 Å². The topological polar surface area (TPSA) is 148 Å². The Kier molecular flexibility index (Phi) is 9.64. The zero-order valence-corrected chi connectivity index (χ0v) is 26.7. The van der Waals surface area contributed by atoms with Gasteiger partial charge >= 0.3 is 6.09 Å². The van der Waals surface area contributed by atoms with Gasteiger partial charge in [0.15, 0.2) is 28.7 Å². The molecule has 5 rings (SSSR count). The molecule has 0 spiro atoms. The zero-order valence-electron chi connectivity index (χ0n) is 26.7. The number of ether oxygens (including phenoxy) is 6. The van der Waals surface area contributed by atoms with Crippen LogP contribution in [0.5, 0.6) is 34.6 Å². The number of fused-ring (bicyclic) bond motifs is 1. The summed E-state index contributed by atoms with van der Waals surface area (Å²) >= 11 is 0. The number of carbonyl (C=O) groups is 2. The van der Waals surface area contributed by atoms with Crippen LogP contribution in [0.25, 0.3) is 10.9 Å². The van der Waals surface area contributed by atoms with Crippen LogP contribution in [0.2, 0.25) is 0 Å². The number of likely N-dealkylation sites (tertiary alicyclic amines) is 1. The van der Waals surface area contributed by atoms with Gasteiger partial charge in [0, 0.05) is 24.4 Å². The molecule has 1 unspecified atom stereocenters. The van der Waals surface area contributed by atoms with E-state index in [2.05, 4.69) is 20.4 Å². The van der Waals surface area contributed by atoms with Crippen molar-refractivity contribution < 1.29 is 38.0 Å². The highest BCUT2D eigenvalue weighted by Gasteiger charge is 2.33. The van der Waals surface area contributed by atoms with E-state index in [1.54, 1.807) is 55.6 Å². The van der Waals surface area contributed by atoms with Crippen molar-refractivity contribution in [3.63, 3.8) is 0 Å². The number of carbonyl (C=O) groups excluding carboxylic acids is 2. The summed E-state index contributed by atoms with van der Waals surface area (Å²) in [6.07, 6.45) is 5.77. The molecule has 1 aliphatic rings. The molecule has 1 saturated heterocycles. The minimum Gasteiger partial charge on any atom is -0.493 e. The molecule has 3 heterocycles. The van der Waals surface area contributed by atoms with Crippen LogP contribution in [0.1, 0.15) is 33.6 Å². The number of amides is 2. The summed E-state index contributed by atoms with van der Waals surface area (Å²) in [6, 6.07) is 8.44. The first kappa shape index (κ1) is 32.1. The number of anilines is 1. The third kappa shape index (κ3) is 7.68. The predicted molar refractivity (Wildman–Crippen MR) is 168 cm³/mol. The summed E-state index contributed by atoms with van der Waals surface area (Å²) in [6.45, 7) is 6.31. The fraction of sp³-hybridized carbons (Fsp3) is 0.406. The fourth-order valence-corrected chi connectivity index (χ4v) is 5.01. The van der Waals surface area contributed by atoms with E-state index >= 15 is 0 Å². The van der Waals surface area contributed by atoms with Crippen molar-refractivity contribution in [1.29, 1.82) is 0 Å². The molecular formula is C32H38N6O8. The second-order valence-electron chi connectivity index (χ2n) is 11.6. The Bertz CT molecular complexity index is 1700. The van der Waals surface area contributed by atoms with E-state index in [0.717, 1.165) is 12.8 Å². The molecule has 0 radical (unpaired) electrons. The minimum absolute atomic E-state index is 0.0754. The van der Waals surface area contributed by atoms with Gasteiger partial charge in [-0.05, 0) is 51.8 Å². The lowest BCUT2D eigenvalue weighted by atomic mass is 10.2. The molecule has 0 bridgehead atoms. The second-order valence-corrected chi connectivity index (χ2v) is 11.6. The normalized spacial score (nSPS) is 14.6. The van der Waals surface area contributed by atoms with Gasteiger partial charge in [-0.25, -0.2) is 14.8 Å². The van der Waals surface area contributed by atoms with Gasteiger partial charge in [0.05, 0.1) is 50.7 Å². The van der Waals surface area contributed by atoms with Gasteiger partial charge in [-0.15, -0.1) is 0 Å². The monoisotopic (exact) mass is 634 g/mol. The molecule has 1 N–H and O–H groups in total. The number of rotatable bonds is 11. The number of aromatic nitrogens is 4. The molecule has 2 aromatic carbocycles. The maximum absolute atomic E-state index is 12.9. The van der Waals surface area contributed by atoms with Crippen molar-refractivity contribution in [3.8, 4) is 34.6 Å². The Labute approximate surface area is 266 Å². The standard InChI is InChI=1S/C32H38N6O8/c1-32(2,3)46-31(40)38-11-7-8-21(38)18-44-28-12-20(9-10-25(28)41-4)36-29(39)17-37-16-22(15-35-37)45-30-23-13-26(42-5)27(43-6)14-24(23)33-19-34-30/h9-10,12-16,19,21H,7-8,11,17-18H2,1-6H3,(H,36,39). The third-order valence-electron chi connectivity index (χ3n) is 7.12. The van der Waals surface area contributed by atoms with Crippen LogP contribution in [-0.2, 0) is 16.1 Å². The zero-order chi connectivity index (χ0) is 32.8. The molecule has 2 aromatic heterocycles. The van der Waals surface area contributed by atoms with E-state index in [1.807, 2.05) is 20.8 Å². The van der Waals surface area contributed by atoms with Gasteiger partial charge in [0.1, 0.15) is 25.1 Å². The SMILES string of the molecule is COc1cc2ncnc(Oc3cnn(CC(=O)Nc4ccc(OC)c(OCC5CCCN5C(=O)OC(C)(C)C)c4)c3)c2cc1OC. The summed E-state index contributed by atoms with van der Waals surface area (Å²) in [5, 5.41) is 7.73. The lowest BCUT2D eigenvalue weighted by Crippen LogP contribution is -2.42. The summed E-state index contributed by atoms with van der Waals surface area (Å²) in [5.74, 6) is 2.35. The highest BCUT2D eigenvalue weighted by molar-refractivity contribution is 5.91. The smallest absolute Gasteiger partial charge is 0.410 e. The Morgan fingerprint density at radius 3 is 2.48 bits per heavy atom. The minimum atomic E-state index is -0.582. The summed E-state index contributed by atoms with van der Waals surface area (Å²) in [5.41, 5.74) is 0.540. The van der Waals surface area contributed by atoms with Crippen molar-refractivity contribution in [2.24, 2.45) is 0 Å². The molecule has 2 amide bonds. The van der Waals surface area contributed by atoms with Crippen molar-refractivity contribution in [1.82, 2.24) is 24.6 Å². The largest absolute Gasteiger partial charge is 0.493 e. The van der Waals surface area contributed by atoms with Crippen LogP contribution in [-0.4, -0.2) is 82.8 Å². The van der Waals surface area contributed by atoms with E-state index in [-0.39, 0.29) is 31.2 Å². The summed E-state index contributed by atoms with van der Waals surface area (Å²) < 4.78 is 35.3. The highest BCUT2D eigenvalue weighted by atomic mass is 16.6. The quantitative estimate of drug-likeness (QED) is 0.236. The van der Waals surface area contributed by atoms with E-state index in [0.29, 0.717) is 57.8 Å². The van der Waals surface area contributed by atoms with Crippen molar-refractivity contribution in [3.05, 3.63) is 49.1 Å². The van der Waals surface area contributed by atoms with Crippen molar-refractivity contribution >= 4 is 28.6 Å². The molecule has 244 valence electrons. The number of hydrogen-bond acceptors (Lipinski definition) is 11. The Morgan fingerprint density at radius 2 is 1.74 bits per heavy atom. The van der Waals surface area contributed by atoms with Gasteiger partial charge < -0.3 is 38.6 Å². The summed E-state index contributed by atoms with van der Waals surface area (Å²) in [4.78, 5) is 35.8. The van der Waals surface area contributed by atoms with Crippen LogP contribution >= 0.6 is 0 Å². The van der Waals surface area contributed by atoms with Gasteiger partial charge in [0.25, 0.3) is 0 Å². The lowest BCUT2D eigenvalue weighted by molar-refractivity contribution is -0.116. The van der Waals surface area contributed by atoms with E-state index in [4.69, 9.17) is 28.4 Å². The molecule has 14 heteroatoms. The molecule has 1 atom stereocenters. The molecular weight excluding hydrogens is 596 g/mol. The van der Waals surface area contributed by atoms with Crippen molar-refractivity contribution in [2.75, 3.05) is 39.8 Å². The molecule has 1 aliphatic heterocycles. The van der Waals surface area contributed by atoms with Gasteiger partial charge in [-0.3, -0.25) is 9.48 Å². The molecule has 0 saturated carbocycles. The van der Waals surface area contributed by atoms with Gasteiger partial charge in [-0.2, -0.15) is 5.10 Å². The first-order valence-corrected chi connectivity index (χ1v) is 14.7. The predicted octanol–water partition coefficient (Wildman–Crippen LogP) is 5.06. The van der Waals surface area contributed by atoms with Crippen LogP contribution in [0.15, 0.2) is 49.1 Å². The fourth-order valence-electron chi connectivity index (χ4n) is 5.01. The summed E-state index contributed by atoms with van der Waals surface area (Å²) in [7, 11) is 4.63. The first-order valence-electron chi connectivity index (χ1n) is 14.7. The van der Waals surface area contributed by atoms with Crippen LogP contribution < -0.4 is 29.0 Å². The Hall–Kier alpha value is -5.27. The Balaban J connectivity index is 1.21. The van der Waals surface area contributed by atoms with E-state index < -0.39 is 5.60 Å². The maximum atomic E-state index is 12.9. The van der Waals surface area contributed by atoms with Gasteiger partial charge in [0.2, 0.25) is 11.8 Å². The van der Waals surface area contributed by atoms with Crippen LogP contribution in [0.3, 0.4) is 0 Å². The average Bonchev–Trinajstić information content (AvgIpc) is 3.68. The number of methoxy groups -OCH3 is 3. The number of hydrogen-bond donors (Lipinski definition) is 1. The lowest BCUT2D eigenvalue weighted by Gasteiger charge is -2.28. The molecule has 1 fully saturated rings. The highest BCUT2D eigenvalue weighted by Crippen LogP contribution is 2.36. The molecule has 4 aromatic rings. The second kappa shape index (κ2) is 13.8. The molecule has 46 heavy (non-hydrogen) atoms. The number of nitrogens with zero attached hydrogens (tertiary/aromatic N) is 5. The maximum Gasteiger partial charge on any atom is 0.410 e. The Morgan fingerprint density at radius 1 is 0.978 bits per heavy atom. The average molecular weight is 635 g/mol. The molecule has 0 aliphatic carbocycles. The first-order chi connectivity index (χ1) is 22.1. The van der Waals surface area contributed by atoms with Crippen molar-refractivity contribution in [2.45, 2.75) is 51.8 Å². The number of benzene rings is 2. The van der Waals surface area contributed by atoms with E-state index in [9.17, 15) is 9.59 Å².